The van der Waals surface area contributed by atoms with Gasteiger partial charge in [-0.25, -0.2) is 4.39 Å². The van der Waals surface area contributed by atoms with Crippen molar-refractivity contribution >= 4 is 10.9 Å². The number of pyridine rings is 2. The molecule has 4 aromatic rings. The molecule has 0 radical (unpaired) electrons. The molecule has 8 heteroatoms. The molecule has 1 N–H and O–H groups in total. The lowest BCUT2D eigenvalue weighted by Gasteiger charge is -2.17. The number of nitrogens with one attached hydrogen (secondary N) is 1. The molecule has 3 aromatic heterocycles. The van der Waals surface area contributed by atoms with Crippen LogP contribution < -0.4 is 10.2 Å². The van der Waals surface area contributed by atoms with Crippen LogP contribution in [0.3, 0.4) is 0 Å². The molecule has 172 valence electrons. The Balaban J connectivity index is 1.45. The highest BCUT2D eigenvalue weighted by molar-refractivity contribution is 5.88. The van der Waals surface area contributed by atoms with E-state index in [1.165, 1.54) is 11.6 Å². The zero-order chi connectivity index (χ0) is 23.7. The maximum Gasteiger partial charge on any atom is 0.189 e. The van der Waals surface area contributed by atoms with E-state index in [1.807, 2.05) is 12.1 Å². The van der Waals surface area contributed by atoms with Crippen LogP contribution in [0, 0.1) is 22.7 Å². The minimum absolute atomic E-state index is 0.186. The van der Waals surface area contributed by atoms with Gasteiger partial charge in [0.25, 0.3) is 0 Å². The van der Waals surface area contributed by atoms with E-state index in [0.717, 1.165) is 61.0 Å². The normalized spacial score (nSPS) is 13.9. The van der Waals surface area contributed by atoms with Crippen LogP contribution >= 0.6 is 0 Å². The highest BCUT2D eigenvalue weighted by Gasteiger charge is 2.22. The number of nitriles is 1. The first-order valence-corrected chi connectivity index (χ1v) is 11.4. The molecule has 0 saturated heterocycles. The highest BCUT2D eigenvalue weighted by Crippen LogP contribution is 2.31. The van der Waals surface area contributed by atoms with E-state index >= 15 is 0 Å². The third-order valence-corrected chi connectivity index (χ3v) is 6.36. The van der Waals surface area contributed by atoms with Crippen molar-refractivity contribution in [1.82, 2.24) is 19.0 Å². The summed E-state index contributed by atoms with van der Waals surface area (Å²) >= 11 is 0. The van der Waals surface area contributed by atoms with Gasteiger partial charge in [-0.1, -0.05) is 13.0 Å². The zero-order valence-corrected chi connectivity index (χ0v) is 19.0. The lowest BCUT2D eigenvalue weighted by molar-refractivity contribution is 0.285. The smallest absolute Gasteiger partial charge is 0.189 e. The maximum atomic E-state index is 13.0. The summed E-state index contributed by atoms with van der Waals surface area (Å²) in [5.74, 6) is 0.136. The summed E-state index contributed by atoms with van der Waals surface area (Å²) in [6.45, 7) is 5.23. The van der Waals surface area contributed by atoms with Gasteiger partial charge in [0.15, 0.2) is 6.19 Å². The molecule has 1 aliphatic heterocycles. The molecular formula is C26H25FN6O. The van der Waals surface area contributed by atoms with Crippen molar-refractivity contribution in [1.29, 1.82) is 10.7 Å². The quantitative estimate of drug-likeness (QED) is 0.490. The number of nitrogens with zero attached hydrogens (tertiary/aromatic N) is 5. The van der Waals surface area contributed by atoms with Crippen molar-refractivity contribution in [3.8, 4) is 17.6 Å². The molecule has 7 nitrogen and oxygen atoms in total. The van der Waals surface area contributed by atoms with Crippen LogP contribution in [0.4, 0.5) is 4.39 Å². The number of halogens is 1. The predicted molar refractivity (Wildman–Crippen MR) is 126 cm³/mol. The molecule has 0 atom stereocenters. The van der Waals surface area contributed by atoms with Gasteiger partial charge in [0.05, 0.1) is 17.4 Å². The van der Waals surface area contributed by atoms with Crippen molar-refractivity contribution < 1.29 is 9.13 Å². The van der Waals surface area contributed by atoms with Crippen molar-refractivity contribution in [2.75, 3.05) is 13.1 Å². The summed E-state index contributed by atoms with van der Waals surface area (Å²) in [6.07, 6.45) is 7.22. The lowest BCUT2D eigenvalue weighted by atomic mass is 10.1. The van der Waals surface area contributed by atoms with Gasteiger partial charge >= 0.3 is 0 Å². The summed E-state index contributed by atoms with van der Waals surface area (Å²) < 4.78 is 22.3. The second kappa shape index (κ2) is 9.12. The summed E-state index contributed by atoms with van der Waals surface area (Å²) in [5.41, 5.74) is 4.86. The minimum atomic E-state index is -0.392. The van der Waals surface area contributed by atoms with Crippen LogP contribution in [0.2, 0.25) is 0 Å². The first kappa shape index (κ1) is 21.9. The van der Waals surface area contributed by atoms with Gasteiger partial charge in [0.1, 0.15) is 23.7 Å². The Labute approximate surface area is 196 Å². The lowest BCUT2D eigenvalue weighted by Crippen LogP contribution is -2.22. The monoisotopic (exact) mass is 456 g/mol. The summed E-state index contributed by atoms with van der Waals surface area (Å²) in [5, 5.41) is 19.5. The Kier molecular flexibility index (Phi) is 5.86. The zero-order valence-electron chi connectivity index (χ0n) is 19.0. The summed E-state index contributed by atoms with van der Waals surface area (Å²) in [6, 6.07) is 12.4. The summed E-state index contributed by atoms with van der Waals surface area (Å²) in [4.78, 5) is 6.40. The molecule has 34 heavy (non-hydrogen) atoms. The molecule has 0 amide bonds. The average Bonchev–Trinajstić information content (AvgIpc) is 2.98. The van der Waals surface area contributed by atoms with Crippen molar-refractivity contribution in [2.45, 2.75) is 32.9 Å². The van der Waals surface area contributed by atoms with E-state index < -0.39 is 5.82 Å². The van der Waals surface area contributed by atoms with Gasteiger partial charge in [-0.15, -0.1) is 0 Å². The number of aromatic nitrogens is 3. The number of rotatable bonds is 5. The molecule has 0 saturated carbocycles. The fourth-order valence-electron chi connectivity index (χ4n) is 4.59. The van der Waals surface area contributed by atoms with Gasteiger partial charge in [-0.3, -0.25) is 19.9 Å². The Bertz CT molecular complexity index is 1450. The maximum absolute atomic E-state index is 13.0. The van der Waals surface area contributed by atoms with Gasteiger partial charge in [0, 0.05) is 35.6 Å². The van der Waals surface area contributed by atoms with Gasteiger partial charge < -0.3 is 9.30 Å². The molecular weight excluding hydrogens is 431 g/mol. The minimum Gasteiger partial charge on any atom is -0.487 e. The Morgan fingerprint density at radius 2 is 2.09 bits per heavy atom. The standard InChI is InChI=1S/C26H25FN6O/c1-2-31-10-3-4-24-23(15-31)22-8-7-20(12-25(22)33(24)17-28)32-11-9-21(13-26(32)29)34-16-19-6-5-18(27)14-30-19/h5-9,11-14,29H,2-4,10,15-16H2,1H3. The molecule has 1 aromatic carbocycles. The molecule has 0 unspecified atom stereocenters. The fraction of sp³-hybridized carbons (Fsp3) is 0.269. The number of benzene rings is 1. The number of fused-ring (bicyclic) bond motifs is 3. The molecule has 0 fully saturated rings. The van der Waals surface area contributed by atoms with E-state index in [0.29, 0.717) is 11.4 Å². The largest absolute Gasteiger partial charge is 0.487 e. The van der Waals surface area contributed by atoms with E-state index in [2.05, 4.69) is 29.1 Å². The first-order valence-electron chi connectivity index (χ1n) is 11.4. The fourth-order valence-corrected chi connectivity index (χ4v) is 4.59. The van der Waals surface area contributed by atoms with E-state index in [-0.39, 0.29) is 12.1 Å². The second-order valence-corrected chi connectivity index (χ2v) is 8.41. The van der Waals surface area contributed by atoms with Crippen LogP contribution in [-0.4, -0.2) is 32.1 Å². The van der Waals surface area contributed by atoms with Crippen LogP contribution in [0.5, 0.6) is 5.75 Å². The Morgan fingerprint density at radius 3 is 2.82 bits per heavy atom. The molecule has 0 spiro atoms. The van der Waals surface area contributed by atoms with Crippen LogP contribution in [0.1, 0.15) is 30.3 Å². The predicted octanol–water partition coefficient (Wildman–Crippen LogP) is 4.12. The number of hydrogen-bond donors (Lipinski definition) is 1. The van der Waals surface area contributed by atoms with Gasteiger partial charge in [-0.05, 0) is 61.8 Å². The van der Waals surface area contributed by atoms with Crippen molar-refractivity contribution in [2.24, 2.45) is 0 Å². The molecule has 1 aliphatic rings. The van der Waals surface area contributed by atoms with E-state index in [4.69, 9.17) is 10.1 Å². The van der Waals surface area contributed by atoms with Gasteiger partial charge in [0.2, 0.25) is 0 Å². The Hall–Kier alpha value is -3.96. The van der Waals surface area contributed by atoms with Crippen LogP contribution in [0.25, 0.3) is 16.6 Å². The third kappa shape index (κ3) is 4.06. The van der Waals surface area contributed by atoms with Crippen molar-refractivity contribution in [3.63, 3.8) is 0 Å². The second-order valence-electron chi connectivity index (χ2n) is 8.41. The van der Waals surface area contributed by atoms with E-state index in [9.17, 15) is 9.65 Å². The highest BCUT2D eigenvalue weighted by atomic mass is 19.1. The average molecular weight is 457 g/mol. The molecule has 5 rings (SSSR count). The number of hydrogen-bond acceptors (Lipinski definition) is 5. The van der Waals surface area contributed by atoms with Gasteiger partial charge in [-0.2, -0.15) is 5.26 Å². The molecule has 4 heterocycles. The SMILES string of the molecule is CCN1CCCc2c(c3ccc(-n4ccc(OCc5ccc(F)cn5)cc4=N)cc3n2C#N)C1. The third-order valence-electron chi connectivity index (χ3n) is 6.36. The first-order chi connectivity index (χ1) is 16.6. The van der Waals surface area contributed by atoms with Crippen molar-refractivity contribution in [3.05, 3.63) is 83.1 Å². The van der Waals surface area contributed by atoms with Crippen LogP contribution in [-0.2, 0) is 19.6 Å². The molecule has 0 bridgehead atoms. The van der Waals surface area contributed by atoms with E-state index in [1.54, 1.807) is 33.5 Å². The topological polar surface area (TPSA) is 82.9 Å². The Morgan fingerprint density at radius 1 is 1.21 bits per heavy atom. The number of ether oxygens (including phenoxy) is 1. The summed E-state index contributed by atoms with van der Waals surface area (Å²) in [7, 11) is 0. The molecule has 0 aliphatic carbocycles. The van der Waals surface area contributed by atoms with Crippen LogP contribution in [0.15, 0.2) is 54.9 Å².